The molecular weight excluding hydrogens is 470 g/mol. The summed E-state index contributed by atoms with van der Waals surface area (Å²) in [5, 5.41) is 2.99. The summed E-state index contributed by atoms with van der Waals surface area (Å²) in [4.78, 5) is 27.8. The van der Waals surface area contributed by atoms with Crippen molar-refractivity contribution in [3.63, 3.8) is 0 Å². The summed E-state index contributed by atoms with van der Waals surface area (Å²) < 4.78 is 36.9. The van der Waals surface area contributed by atoms with Crippen LogP contribution < -0.4 is 14.4 Å². The number of carbonyl (C=O) groups is 2. The Labute approximate surface area is 198 Å². The molecule has 1 saturated heterocycles. The minimum absolute atomic E-state index is 0.132. The number of morpholine rings is 1. The van der Waals surface area contributed by atoms with Gasteiger partial charge in [0.15, 0.2) is 0 Å². The second-order valence-electron chi connectivity index (χ2n) is 7.49. The van der Waals surface area contributed by atoms with Gasteiger partial charge in [-0.15, -0.1) is 0 Å². The van der Waals surface area contributed by atoms with Gasteiger partial charge in [0.05, 0.1) is 43.5 Å². The Morgan fingerprint density at radius 2 is 1.85 bits per heavy atom. The fourth-order valence-corrected chi connectivity index (χ4v) is 4.91. The quantitative estimate of drug-likeness (QED) is 0.633. The van der Waals surface area contributed by atoms with Crippen molar-refractivity contribution in [1.29, 1.82) is 0 Å². The van der Waals surface area contributed by atoms with E-state index in [4.69, 9.17) is 21.1 Å². The van der Waals surface area contributed by atoms with E-state index in [1.807, 2.05) is 0 Å². The SMILES string of the molecule is COc1ccc(Cl)cc1N([C@@H](C)C(=O)Nc1ccccc1C(=O)N1CCOCC1)S(C)(=O)=O. The predicted octanol–water partition coefficient (Wildman–Crippen LogP) is 2.61. The second-order valence-corrected chi connectivity index (χ2v) is 9.79. The summed E-state index contributed by atoms with van der Waals surface area (Å²) in [5.74, 6) is -0.615. The number of sulfonamides is 1. The van der Waals surface area contributed by atoms with Crippen LogP contribution in [0, 0.1) is 0 Å². The number of benzene rings is 2. The van der Waals surface area contributed by atoms with Gasteiger partial charge in [-0.2, -0.15) is 0 Å². The van der Waals surface area contributed by atoms with E-state index in [2.05, 4.69) is 5.32 Å². The third-order valence-corrected chi connectivity index (χ3v) is 6.64. The Bertz CT molecular complexity index is 1130. The van der Waals surface area contributed by atoms with Crippen molar-refractivity contribution in [1.82, 2.24) is 4.90 Å². The first kappa shape index (κ1) is 24.8. The van der Waals surface area contributed by atoms with E-state index in [1.54, 1.807) is 35.2 Å². The molecule has 33 heavy (non-hydrogen) atoms. The number of carbonyl (C=O) groups excluding carboxylic acids is 2. The van der Waals surface area contributed by atoms with Crippen molar-refractivity contribution >= 4 is 44.8 Å². The fourth-order valence-electron chi connectivity index (χ4n) is 3.57. The topological polar surface area (TPSA) is 105 Å². The molecule has 0 saturated carbocycles. The molecule has 2 amide bonds. The van der Waals surface area contributed by atoms with Gasteiger partial charge in [-0.25, -0.2) is 8.42 Å². The molecule has 0 bridgehead atoms. The normalized spacial score (nSPS) is 15.0. The maximum Gasteiger partial charge on any atom is 0.256 e. The van der Waals surface area contributed by atoms with Crippen LogP contribution in [-0.4, -0.2) is 70.8 Å². The highest BCUT2D eigenvalue weighted by molar-refractivity contribution is 7.92. The van der Waals surface area contributed by atoms with Gasteiger partial charge in [0.25, 0.3) is 5.91 Å². The predicted molar refractivity (Wildman–Crippen MR) is 127 cm³/mol. The van der Waals surface area contributed by atoms with Gasteiger partial charge >= 0.3 is 0 Å². The molecule has 0 aromatic heterocycles. The number of hydrogen-bond acceptors (Lipinski definition) is 6. The maximum absolute atomic E-state index is 13.2. The van der Waals surface area contributed by atoms with Crippen molar-refractivity contribution in [3.8, 4) is 5.75 Å². The molecule has 0 spiro atoms. The molecule has 3 rings (SSSR count). The Hall–Kier alpha value is -2.82. The van der Waals surface area contributed by atoms with Crippen LogP contribution in [-0.2, 0) is 19.6 Å². The van der Waals surface area contributed by atoms with E-state index >= 15 is 0 Å². The molecule has 2 aromatic rings. The van der Waals surface area contributed by atoms with Crippen LogP contribution in [0.3, 0.4) is 0 Å². The number of methoxy groups -OCH3 is 1. The lowest BCUT2D eigenvalue weighted by atomic mass is 10.1. The first-order valence-electron chi connectivity index (χ1n) is 10.2. The number of halogens is 1. The van der Waals surface area contributed by atoms with Gasteiger partial charge < -0.3 is 19.7 Å². The van der Waals surface area contributed by atoms with Crippen LogP contribution in [0.1, 0.15) is 17.3 Å². The van der Waals surface area contributed by atoms with Gasteiger partial charge in [0.1, 0.15) is 11.8 Å². The average molecular weight is 496 g/mol. The van der Waals surface area contributed by atoms with E-state index in [1.165, 1.54) is 26.2 Å². The zero-order chi connectivity index (χ0) is 24.2. The van der Waals surface area contributed by atoms with Crippen LogP contribution in [0.2, 0.25) is 5.02 Å². The number of nitrogens with zero attached hydrogens (tertiary/aromatic N) is 2. The molecule has 2 aromatic carbocycles. The highest BCUT2D eigenvalue weighted by Crippen LogP contribution is 2.34. The third kappa shape index (κ3) is 5.76. The largest absolute Gasteiger partial charge is 0.495 e. The van der Waals surface area contributed by atoms with E-state index in [0.717, 1.165) is 10.6 Å². The monoisotopic (exact) mass is 495 g/mol. The number of anilines is 2. The fraction of sp³-hybridized carbons (Fsp3) is 0.364. The summed E-state index contributed by atoms with van der Waals surface area (Å²) >= 11 is 6.08. The summed E-state index contributed by atoms with van der Waals surface area (Å²) in [6.45, 7) is 3.25. The first-order valence-corrected chi connectivity index (χ1v) is 12.5. The Morgan fingerprint density at radius 3 is 2.48 bits per heavy atom. The van der Waals surface area contributed by atoms with Gasteiger partial charge in [-0.3, -0.25) is 13.9 Å². The molecule has 1 aliphatic heterocycles. The lowest BCUT2D eigenvalue weighted by Crippen LogP contribution is -2.46. The summed E-state index contributed by atoms with van der Waals surface area (Å²) in [6.07, 6.45) is 0.993. The second kappa shape index (κ2) is 10.4. The molecule has 1 heterocycles. The van der Waals surface area contributed by atoms with Gasteiger partial charge in [-0.1, -0.05) is 23.7 Å². The van der Waals surface area contributed by atoms with E-state index in [9.17, 15) is 18.0 Å². The Kier molecular flexibility index (Phi) is 7.83. The van der Waals surface area contributed by atoms with E-state index in [0.29, 0.717) is 31.9 Å². The number of rotatable bonds is 7. The third-order valence-electron chi connectivity index (χ3n) is 5.18. The highest BCUT2D eigenvalue weighted by atomic mass is 35.5. The average Bonchev–Trinajstić information content (AvgIpc) is 2.79. The van der Waals surface area contributed by atoms with Crippen molar-refractivity contribution < 1.29 is 27.5 Å². The highest BCUT2D eigenvalue weighted by Gasteiger charge is 2.32. The maximum atomic E-state index is 13.2. The number of nitrogens with one attached hydrogen (secondary N) is 1. The van der Waals surface area contributed by atoms with E-state index < -0.39 is 22.0 Å². The van der Waals surface area contributed by atoms with Crippen molar-refractivity contribution in [2.24, 2.45) is 0 Å². The number of hydrogen-bond donors (Lipinski definition) is 1. The molecule has 0 aliphatic carbocycles. The van der Waals surface area contributed by atoms with Gasteiger partial charge in [0.2, 0.25) is 15.9 Å². The first-order chi connectivity index (χ1) is 15.6. The molecule has 0 radical (unpaired) electrons. The lowest BCUT2D eigenvalue weighted by Gasteiger charge is -2.30. The van der Waals surface area contributed by atoms with Crippen LogP contribution in [0.25, 0.3) is 0 Å². The van der Waals surface area contributed by atoms with Crippen molar-refractivity contribution in [2.45, 2.75) is 13.0 Å². The van der Waals surface area contributed by atoms with Crippen molar-refractivity contribution in [2.75, 3.05) is 49.3 Å². The zero-order valence-electron chi connectivity index (χ0n) is 18.6. The smallest absolute Gasteiger partial charge is 0.256 e. The molecule has 9 nitrogen and oxygen atoms in total. The molecule has 1 fully saturated rings. The van der Waals surface area contributed by atoms with E-state index in [-0.39, 0.29) is 28.1 Å². The number of para-hydroxylation sites is 1. The zero-order valence-corrected chi connectivity index (χ0v) is 20.1. The van der Waals surface area contributed by atoms with Crippen LogP contribution in [0.15, 0.2) is 42.5 Å². The summed E-state index contributed by atoms with van der Waals surface area (Å²) in [6, 6.07) is 9.94. The van der Waals surface area contributed by atoms with Crippen molar-refractivity contribution in [3.05, 3.63) is 53.1 Å². The summed E-state index contributed by atoms with van der Waals surface area (Å²) in [7, 11) is -2.51. The molecule has 1 aliphatic rings. The minimum atomic E-state index is -3.90. The summed E-state index contributed by atoms with van der Waals surface area (Å²) in [5.41, 5.74) is 0.733. The molecular formula is C22H26ClN3O6S. The molecule has 11 heteroatoms. The van der Waals surface area contributed by atoms with Crippen LogP contribution >= 0.6 is 11.6 Å². The molecule has 0 unspecified atom stereocenters. The Morgan fingerprint density at radius 1 is 1.18 bits per heavy atom. The number of ether oxygens (including phenoxy) is 2. The molecule has 1 N–H and O–H groups in total. The Balaban J connectivity index is 1.91. The number of amides is 2. The minimum Gasteiger partial charge on any atom is -0.495 e. The lowest BCUT2D eigenvalue weighted by molar-refractivity contribution is -0.116. The standard InChI is InChI=1S/C22H26ClN3O6S/c1-15(26(33(3,29)30)19-14-16(23)8-9-20(19)31-2)21(27)24-18-7-5-4-6-17(18)22(28)25-10-12-32-13-11-25/h4-9,14-15H,10-13H2,1-3H3,(H,24,27)/t15-/m0/s1. The van der Waals surface area contributed by atoms with Crippen LogP contribution in [0.4, 0.5) is 11.4 Å². The van der Waals surface area contributed by atoms with Gasteiger partial charge in [-0.05, 0) is 37.3 Å². The van der Waals surface area contributed by atoms with Gasteiger partial charge in [0, 0.05) is 18.1 Å². The molecule has 178 valence electrons. The molecule has 1 atom stereocenters. The van der Waals surface area contributed by atoms with Crippen LogP contribution in [0.5, 0.6) is 5.75 Å².